The molecule has 0 spiro atoms. The summed E-state index contributed by atoms with van der Waals surface area (Å²) in [5, 5.41) is 10.3. The molecule has 5 rings (SSSR count). The van der Waals surface area contributed by atoms with Crippen LogP contribution in [0.5, 0.6) is 0 Å². The predicted molar refractivity (Wildman–Crippen MR) is 138 cm³/mol. The van der Waals surface area contributed by atoms with E-state index in [2.05, 4.69) is 44.5 Å². The van der Waals surface area contributed by atoms with E-state index in [-0.39, 0.29) is 6.03 Å². The van der Waals surface area contributed by atoms with Gasteiger partial charge in [-0.05, 0) is 54.8 Å². The lowest BCUT2D eigenvalue weighted by atomic mass is 10.0. The van der Waals surface area contributed by atoms with Crippen LogP contribution in [0.15, 0.2) is 79.3 Å². The van der Waals surface area contributed by atoms with Crippen LogP contribution in [0.3, 0.4) is 0 Å². The summed E-state index contributed by atoms with van der Waals surface area (Å²) in [6.45, 7) is 6.22. The van der Waals surface area contributed by atoms with E-state index in [9.17, 15) is 4.79 Å². The first kappa shape index (κ1) is 22.2. The molecule has 2 N–H and O–H groups in total. The Labute approximate surface area is 203 Å². The van der Waals surface area contributed by atoms with Gasteiger partial charge in [0.2, 0.25) is 0 Å². The average Bonchev–Trinajstić information content (AvgIpc) is 3.34. The number of aryl methyl sites for hydroxylation is 1. The SMILES string of the molecule is Cc1ccc(-n2cnc(-c3ccc4nc(NC(=O)Nc5ccccc5C(C)C)cnc4c3)n2)cc1. The minimum atomic E-state index is -0.366. The normalized spacial score (nSPS) is 11.1. The average molecular weight is 464 g/mol. The third-order valence-corrected chi connectivity index (χ3v) is 5.66. The van der Waals surface area contributed by atoms with Crippen LogP contribution >= 0.6 is 0 Å². The van der Waals surface area contributed by atoms with Crippen LogP contribution in [-0.2, 0) is 0 Å². The maximum Gasteiger partial charge on any atom is 0.324 e. The molecule has 0 saturated heterocycles. The van der Waals surface area contributed by atoms with Gasteiger partial charge in [0.15, 0.2) is 11.6 Å². The van der Waals surface area contributed by atoms with Crippen LogP contribution in [-0.4, -0.2) is 30.8 Å². The van der Waals surface area contributed by atoms with Crippen molar-refractivity contribution in [3.05, 3.63) is 90.4 Å². The molecule has 0 fully saturated rings. The van der Waals surface area contributed by atoms with E-state index < -0.39 is 0 Å². The standard InChI is InChI=1S/C27H25N7O/c1-17(2)21-6-4-5-7-22(21)31-27(35)32-25-15-28-24-14-19(10-13-23(24)30-25)26-29-16-34(33-26)20-11-8-18(3)9-12-20/h4-17H,1-3H3,(H2,30,31,32,35). The summed E-state index contributed by atoms with van der Waals surface area (Å²) in [5.41, 5.74) is 6.15. The van der Waals surface area contributed by atoms with E-state index in [1.54, 1.807) is 17.2 Å². The zero-order chi connectivity index (χ0) is 24.4. The molecule has 8 nitrogen and oxygen atoms in total. The molecule has 5 aromatic rings. The van der Waals surface area contributed by atoms with E-state index in [0.29, 0.717) is 28.6 Å². The van der Waals surface area contributed by atoms with Gasteiger partial charge in [-0.1, -0.05) is 49.7 Å². The molecule has 0 unspecified atom stereocenters. The number of carbonyl (C=O) groups is 1. The Morgan fingerprint density at radius 3 is 2.51 bits per heavy atom. The van der Waals surface area contributed by atoms with Crippen LogP contribution in [0.2, 0.25) is 0 Å². The number of nitrogens with one attached hydrogen (secondary N) is 2. The lowest BCUT2D eigenvalue weighted by molar-refractivity contribution is 0.262. The lowest BCUT2D eigenvalue weighted by Crippen LogP contribution is -2.21. The Morgan fingerprint density at radius 2 is 1.71 bits per heavy atom. The lowest BCUT2D eigenvalue weighted by Gasteiger charge is -2.14. The molecule has 35 heavy (non-hydrogen) atoms. The molecular weight excluding hydrogens is 438 g/mol. The van der Waals surface area contributed by atoms with Gasteiger partial charge in [-0.25, -0.2) is 19.4 Å². The molecule has 0 aliphatic heterocycles. The molecule has 174 valence electrons. The Bertz CT molecular complexity index is 1510. The summed E-state index contributed by atoms with van der Waals surface area (Å²) in [6, 6.07) is 21.1. The van der Waals surface area contributed by atoms with Gasteiger partial charge in [0.1, 0.15) is 6.33 Å². The van der Waals surface area contributed by atoms with Gasteiger partial charge in [-0.3, -0.25) is 10.3 Å². The molecule has 0 radical (unpaired) electrons. The first-order chi connectivity index (χ1) is 17.0. The predicted octanol–water partition coefficient (Wildman–Crippen LogP) is 5.95. The molecule has 8 heteroatoms. The molecule has 2 amide bonds. The van der Waals surface area contributed by atoms with E-state index >= 15 is 0 Å². The van der Waals surface area contributed by atoms with E-state index in [1.165, 1.54) is 5.56 Å². The van der Waals surface area contributed by atoms with Gasteiger partial charge in [0, 0.05) is 11.3 Å². The summed E-state index contributed by atoms with van der Waals surface area (Å²) < 4.78 is 1.74. The van der Waals surface area contributed by atoms with Crippen LogP contribution in [0.1, 0.15) is 30.9 Å². The number of nitrogens with zero attached hydrogens (tertiary/aromatic N) is 5. The Hall–Kier alpha value is -4.59. The Morgan fingerprint density at radius 1 is 0.914 bits per heavy atom. The minimum Gasteiger partial charge on any atom is -0.307 e. The molecule has 2 heterocycles. The molecule has 0 bridgehead atoms. The number of anilines is 2. The van der Waals surface area contributed by atoms with E-state index in [4.69, 9.17) is 0 Å². The van der Waals surface area contributed by atoms with Crippen molar-refractivity contribution >= 4 is 28.6 Å². The van der Waals surface area contributed by atoms with Gasteiger partial charge in [-0.15, -0.1) is 5.10 Å². The zero-order valence-corrected chi connectivity index (χ0v) is 19.7. The summed E-state index contributed by atoms with van der Waals surface area (Å²) in [7, 11) is 0. The van der Waals surface area contributed by atoms with E-state index in [0.717, 1.165) is 22.5 Å². The van der Waals surface area contributed by atoms with Crippen LogP contribution < -0.4 is 10.6 Å². The van der Waals surface area contributed by atoms with Crippen molar-refractivity contribution < 1.29 is 4.79 Å². The van der Waals surface area contributed by atoms with Crippen molar-refractivity contribution in [2.24, 2.45) is 0 Å². The number of rotatable bonds is 5. The third kappa shape index (κ3) is 4.86. The Balaban J connectivity index is 1.32. The van der Waals surface area contributed by atoms with Crippen molar-refractivity contribution in [2.45, 2.75) is 26.7 Å². The highest BCUT2D eigenvalue weighted by molar-refractivity contribution is 6.00. The summed E-state index contributed by atoms with van der Waals surface area (Å²) in [4.78, 5) is 26.0. The smallest absolute Gasteiger partial charge is 0.307 e. The summed E-state index contributed by atoms with van der Waals surface area (Å²) >= 11 is 0. The number of fused-ring (bicyclic) bond motifs is 1. The number of carbonyl (C=O) groups excluding carboxylic acids is 1. The largest absolute Gasteiger partial charge is 0.324 e. The fourth-order valence-corrected chi connectivity index (χ4v) is 3.81. The molecule has 0 aliphatic rings. The second-order valence-electron chi connectivity index (χ2n) is 8.63. The van der Waals surface area contributed by atoms with Gasteiger partial charge in [0.25, 0.3) is 0 Å². The van der Waals surface area contributed by atoms with Crippen molar-refractivity contribution in [1.29, 1.82) is 0 Å². The second kappa shape index (κ2) is 9.34. The highest BCUT2D eigenvalue weighted by atomic mass is 16.2. The van der Waals surface area contributed by atoms with Crippen molar-refractivity contribution in [2.75, 3.05) is 10.6 Å². The first-order valence-electron chi connectivity index (χ1n) is 11.4. The van der Waals surface area contributed by atoms with Gasteiger partial charge >= 0.3 is 6.03 Å². The van der Waals surface area contributed by atoms with Gasteiger partial charge < -0.3 is 5.32 Å². The van der Waals surface area contributed by atoms with Crippen molar-refractivity contribution in [3.63, 3.8) is 0 Å². The monoisotopic (exact) mass is 463 g/mol. The van der Waals surface area contributed by atoms with Crippen LogP contribution in [0.4, 0.5) is 16.3 Å². The van der Waals surface area contributed by atoms with Crippen molar-refractivity contribution in [3.8, 4) is 17.1 Å². The maximum atomic E-state index is 12.6. The molecule has 0 atom stereocenters. The highest BCUT2D eigenvalue weighted by Gasteiger charge is 2.12. The van der Waals surface area contributed by atoms with E-state index in [1.807, 2.05) is 73.7 Å². The molecule has 0 saturated carbocycles. The number of benzene rings is 3. The maximum absolute atomic E-state index is 12.6. The minimum absolute atomic E-state index is 0.291. The third-order valence-electron chi connectivity index (χ3n) is 5.66. The number of para-hydroxylation sites is 1. The first-order valence-corrected chi connectivity index (χ1v) is 11.4. The summed E-state index contributed by atoms with van der Waals surface area (Å²) in [5.74, 6) is 1.25. The fourth-order valence-electron chi connectivity index (χ4n) is 3.81. The number of amides is 2. The molecule has 3 aromatic carbocycles. The number of urea groups is 1. The molecule has 2 aromatic heterocycles. The number of hydrogen-bond donors (Lipinski definition) is 2. The number of hydrogen-bond acceptors (Lipinski definition) is 5. The van der Waals surface area contributed by atoms with Gasteiger partial charge in [-0.2, -0.15) is 0 Å². The zero-order valence-electron chi connectivity index (χ0n) is 19.7. The molecule has 0 aliphatic carbocycles. The second-order valence-corrected chi connectivity index (χ2v) is 8.63. The topological polar surface area (TPSA) is 97.6 Å². The molecular formula is C27H25N7O. The highest BCUT2D eigenvalue weighted by Crippen LogP contribution is 2.24. The quantitative estimate of drug-likeness (QED) is 0.335. The fraction of sp³-hybridized carbons (Fsp3) is 0.148. The van der Waals surface area contributed by atoms with Crippen LogP contribution in [0.25, 0.3) is 28.1 Å². The Kier molecular flexibility index (Phi) is 5.93. The van der Waals surface area contributed by atoms with Crippen LogP contribution in [0, 0.1) is 6.92 Å². The van der Waals surface area contributed by atoms with Crippen molar-refractivity contribution in [1.82, 2.24) is 24.7 Å². The van der Waals surface area contributed by atoms with Gasteiger partial charge in [0.05, 0.1) is 22.9 Å². The number of aromatic nitrogens is 5. The summed E-state index contributed by atoms with van der Waals surface area (Å²) in [6.07, 6.45) is 3.23.